The van der Waals surface area contributed by atoms with Gasteiger partial charge in [-0.25, -0.2) is 4.98 Å². The van der Waals surface area contributed by atoms with Gasteiger partial charge in [-0.2, -0.15) is 0 Å². The summed E-state index contributed by atoms with van der Waals surface area (Å²) in [6, 6.07) is 3.78. The highest BCUT2D eigenvalue weighted by Crippen LogP contribution is 2.38. The van der Waals surface area contributed by atoms with E-state index in [1.807, 2.05) is 26.0 Å². The fourth-order valence-electron chi connectivity index (χ4n) is 2.45. The van der Waals surface area contributed by atoms with E-state index in [1.54, 1.807) is 7.05 Å². The maximum atomic E-state index is 6.26. The third-order valence-corrected chi connectivity index (χ3v) is 4.10. The second-order valence-corrected chi connectivity index (χ2v) is 6.04. The normalized spacial score (nSPS) is 13.2. The van der Waals surface area contributed by atoms with E-state index < -0.39 is 0 Å². The summed E-state index contributed by atoms with van der Waals surface area (Å²) in [6.07, 6.45) is 0. The minimum absolute atomic E-state index is 0. The molecule has 0 spiro atoms. The van der Waals surface area contributed by atoms with E-state index in [2.05, 4.69) is 20.6 Å². The molecule has 26 heavy (non-hydrogen) atoms. The number of nitrogens with one attached hydrogen (secondary N) is 2. The second kappa shape index (κ2) is 9.31. The second-order valence-electron chi connectivity index (χ2n) is 5.63. The minimum atomic E-state index is 0. The number of ether oxygens (including phenoxy) is 2. The fourth-order valence-corrected chi connectivity index (χ4v) is 2.73. The molecule has 7 nitrogen and oxygen atoms in total. The van der Waals surface area contributed by atoms with Crippen molar-refractivity contribution in [2.45, 2.75) is 26.9 Å². The van der Waals surface area contributed by atoms with Crippen molar-refractivity contribution in [2.24, 2.45) is 4.99 Å². The highest BCUT2D eigenvalue weighted by Gasteiger charge is 2.16. The summed E-state index contributed by atoms with van der Waals surface area (Å²) in [6.45, 7) is 5.85. The van der Waals surface area contributed by atoms with E-state index in [0.717, 1.165) is 17.0 Å². The number of aromatic nitrogens is 1. The highest BCUT2D eigenvalue weighted by atomic mass is 127. The van der Waals surface area contributed by atoms with Crippen LogP contribution in [0, 0.1) is 13.8 Å². The molecular formula is C17H22ClIN4O3. The lowest BCUT2D eigenvalue weighted by Gasteiger charge is -2.20. The van der Waals surface area contributed by atoms with Gasteiger partial charge in [0.2, 0.25) is 5.89 Å². The average Bonchev–Trinajstić information content (AvgIpc) is 2.93. The average molecular weight is 493 g/mol. The Morgan fingerprint density at radius 2 is 1.92 bits per heavy atom. The van der Waals surface area contributed by atoms with Crippen LogP contribution in [0.1, 0.15) is 22.9 Å². The van der Waals surface area contributed by atoms with Crippen molar-refractivity contribution < 1.29 is 13.9 Å². The lowest BCUT2D eigenvalue weighted by Crippen LogP contribution is -2.36. The van der Waals surface area contributed by atoms with Gasteiger partial charge in [0.1, 0.15) is 19.0 Å². The predicted molar refractivity (Wildman–Crippen MR) is 111 cm³/mol. The summed E-state index contributed by atoms with van der Waals surface area (Å²) in [5.74, 6) is 3.36. The first-order valence-electron chi connectivity index (χ1n) is 8.02. The van der Waals surface area contributed by atoms with E-state index in [4.69, 9.17) is 25.5 Å². The molecule has 0 atom stereocenters. The minimum Gasteiger partial charge on any atom is -0.486 e. The van der Waals surface area contributed by atoms with Crippen LogP contribution in [-0.4, -0.2) is 31.2 Å². The van der Waals surface area contributed by atoms with Gasteiger partial charge in [0.05, 0.1) is 17.3 Å². The van der Waals surface area contributed by atoms with Crippen molar-refractivity contribution in [1.29, 1.82) is 0 Å². The van der Waals surface area contributed by atoms with Crippen molar-refractivity contribution in [3.05, 3.63) is 40.1 Å². The number of guanidine groups is 1. The number of hydrogen-bond acceptors (Lipinski definition) is 5. The molecule has 9 heteroatoms. The molecule has 0 saturated carbocycles. The molecule has 1 aromatic heterocycles. The predicted octanol–water partition coefficient (Wildman–Crippen LogP) is 3.20. The molecule has 1 aliphatic rings. The molecule has 0 unspecified atom stereocenters. The van der Waals surface area contributed by atoms with E-state index in [0.29, 0.717) is 54.7 Å². The quantitative estimate of drug-likeness (QED) is 0.388. The van der Waals surface area contributed by atoms with Crippen LogP contribution >= 0.6 is 35.6 Å². The van der Waals surface area contributed by atoms with Crippen LogP contribution in [0.5, 0.6) is 11.5 Å². The maximum Gasteiger partial charge on any atom is 0.214 e. The fraction of sp³-hybridized carbons (Fsp3) is 0.412. The van der Waals surface area contributed by atoms with Crippen LogP contribution in [0.25, 0.3) is 0 Å². The molecule has 1 aromatic carbocycles. The monoisotopic (exact) mass is 492 g/mol. The third-order valence-electron chi connectivity index (χ3n) is 3.82. The molecule has 0 fully saturated rings. The summed E-state index contributed by atoms with van der Waals surface area (Å²) in [4.78, 5) is 8.53. The highest BCUT2D eigenvalue weighted by molar-refractivity contribution is 14.0. The topological polar surface area (TPSA) is 80.9 Å². The Labute approximate surface area is 174 Å². The Morgan fingerprint density at radius 3 is 2.62 bits per heavy atom. The summed E-state index contributed by atoms with van der Waals surface area (Å²) in [5.41, 5.74) is 1.87. The van der Waals surface area contributed by atoms with E-state index >= 15 is 0 Å². The molecule has 0 bridgehead atoms. The number of hydrogen-bond donors (Lipinski definition) is 2. The summed E-state index contributed by atoms with van der Waals surface area (Å²) in [5, 5.41) is 6.94. The number of rotatable bonds is 4. The molecule has 0 aliphatic carbocycles. The molecule has 2 N–H and O–H groups in total. The van der Waals surface area contributed by atoms with Gasteiger partial charge in [0, 0.05) is 13.6 Å². The van der Waals surface area contributed by atoms with Crippen LogP contribution in [0.2, 0.25) is 5.02 Å². The van der Waals surface area contributed by atoms with Gasteiger partial charge >= 0.3 is 0 Å². The number of fused-ring (bicyclic) bond motifs is 1. The number of aliphatic imine (C=N–C) groups is 1. The van der Waals surface area contributed by atoms with Gasteiger partial charge in [0.25, 0.3) is 0 Å². The Morgan fingerprint density at radius 1 is 1.19 bits per heavy atom. The molecule has 0 radical (unpaired) electrons. The smallest absolute Gasteiger partial charge is 0.214 e. The van der Waals surface area contributed by atoms with Gasteiger partial charge < -0.3 is 24.5 Å². The van der Waals surface area contributed by atoms with Crippen molar-refractivity contribution in [3.63, 3.8) is 0 Å². The van der Waals surface area contributed by atoms with Gasteiger partial charge in [-0.1, -0.05) is 11.6 Å². The summed E-state index contributed by atoms with van der Waals surface area (Å²) >= 11 is 6.26. The Kier molecular flexibility index (Phi) is 7.39. The molecular weight excluding hydrogens is 471 g/mol. The van der Waals surface area contributed by atoms with Crippen LogP contribution in [0.4, 0.5) is 0 Å². The van der Waals surface area contributed by atoms with Gasteiger partial charge in [-0.05, 0) is 31.5 Å². The van der Waals surface area contributed by atoms with E-state index in [9.17, 15) is 0 Å². The lowest BCUT2D eigenvalue weighted by atomic mass is 10.2. The summed E-state index contributed by atoms with van der Waals surface area (Å²) < 4.78 is 16.7. The molecule has 0 amide bonds. The zero-order valence-electron chi connectivity index (χ0n) is 14.9. The van der Waals surface area contributed by atoms with Crippen molar-refractivity contribution in [3.8, 4) is 11.5 Å². The van der Waals surface area contributed by atoms with E-state index in [1.165, 1.54) is 0 Å². The van der Waals surface area contributed by atoms with Crippen LogP contribution in [0.15, 0.2) is 21.5 Å². The zero-order chi connectivity index (χ0) is 17.8. The Balaban J connectivity index is 0.00000243. The molecule has 3 rings (SSSR count). The number of aryl methyl sites for hydroxylation is 2. The van der Waals surface area contributed by atoms with Crippen molar-refractivity contribution in [2.75, 3.05) is 20.3 Å². The van der Waals surface area contributed by atoms with Crippen molar-refractivity contribution >= 4 is 41.5 Å². The van der Waals surface area contributed by atoms with Gasteiger partial charge in [-0.15, -0.1) is 24.0 Å². The molecule has 142 valence electrons. The molecule has 0 saturated heterocycles. The van der Waals surface area contributed by atoms with Crippen molar-refractivity contribution in [1.82, 2.24) is 15.6 Å². The van der Waals surface area contributed by atoms with Gasteiger partial charge in [0.15, 0.2) is 17.5 Å². The molecule has 2 heterocycles. The number of halogens is 2. The van der Waals surface area contributed by atoms with Crippen LogP contribution in [0.3, 0.4) is 0 Å². The summed E-state index contributed by atoms with van der Waals surface area (Å²) in [7, 11) is 1.71. The number of benzene rings is 1. The Hall–Kier alpha value is -1.68. The number of nitrogens with zero attached hydrogens (tertiary/aromatic N) is 2. The Bertz CT molecular complexity index is 775. The largest absolute Gasteiger partial charge is 0.486 e. The first-order chi connectivity index (χ1) is 12.1. The van der Waals surface area contributed by atoms with Gasteiger partial charge in [-0.3, -0.25) is 4.99 Å². The zero-order valence-corrected chi connectivity index (χ0v) is 18.0. The van der Waals surface area contributed by atoms with Crippen LogP contribution < -0.4 is 20.1 Å². The standard InChI is InChI=1S/C17H21ClN4O3.HI/c1-10-11(2)25-15(22-10)9-21-17(19-3)20-8-12-6-13(18)16-14(7-12)23-4-5-24-16;/h6-7H,4-5,8-9H2,1-3H3,(H2,19,20,21);1H. The first kappa shape index (κ1) is 20.6. The SMILES string of the molecule is CN=C(NCc1cc(Cl)c2c(c1)OCCO2)NCc1nc(C)c(C)o1.I. The van der Waals surface area contributed by atoms with Crippen LogP contribution in [-0.2, 0) is 13.1 Å². The third kappa shape index (κ3) is 4.94. The van der Waals surface area contributed by atoms with E-state index in [-0.39, 0.29) is 24.0 Å². The molecule has 2 aromatic rings. The lowest BCUT2D eigenvalue weighted by molar-refractivity contribution is 0.171. The first-order valence-corrected chi connectivity index (χ1v) is 8.40. The maximum absolute atomic E-state index is 6.26. The molecule has 1 aliphatic heterocycles. The number of oxazole rings is 1.